The van der Waals surface area contributed by atoms with E-state index in [-0.39, 0.29) is 17.0 Å². The third-order valence-corrected chi connectivity index (χ3v) is 4.98. The summed E-state index contributed by atoms with van der Waals surface area (Å²) in [7, 11) is 0. The van der Waals surface area contributed by atoms with Crippen molar-refractivity contribution in [3.8, 4) is 11.5 Å². The molecular weight excluding hydrogens is 364 g/mol. The number of carbonyl (C=O) groups excluding carboxylic acids is 2. The zero-order valence-corrected chi connectivity index (χ0v) is 17.5. The smallest absolute Gasteiger partial charge is 0.195 e. The van der Waals surface area contributed by atoms with Crippen molar-refractivity contribution in [2.75, 3.05) is 0 Å². The molecular formula is C25H28O4. The average Bonchev–Trinajstić information content (AvgIpc) is 2.73. The lowest BCUT2D eigenvalue weighted by Crippen LogP contribution is -2.22. The van der Waals surface area contributed by atoms with Gasteiger partial charge in [0, 0.05) is 5.41 Å². The minimum atomic E-state index is -0.561. The van der Waals surface area contributed by atoms with Gasteiger partial charge in [0.2, 0.25) is 0 Å². The predicted molar refractivity (Wildman–Crippen MR) is 116 cm³/mol. The molecule has 0 aromatic heterocycles. The highest BCUT2D eigenvalue weighted by atomic mass is 16.5. The Bertz CT molecular complexity index is 803. The first-order valence-electron chi connectivity index (χ1n) is 9.56. The molecule has 0 heterocycles. The first-order valence-corrected chi connectivity index (χ1v) is 9.56. The van der Waals surface area contributed by atoms with Gasteiger partial charge in [-0.05, 0) is 61.4 Å². The molecule has 0 saturated heterocycles. The van der Waals surface area contributed by atoms with E-state index in [1.165, 1.54) is 12.2 Å². The summed E-state index contributed by atoms with van der Waals surface area (Å²) < 4.78 is 11.3. The van der Waals surface area contributed by atoms with Crippen molar-refractivity contribution in [3.63, 3.8) is 0 Å². The van der Waals surface area contributed by atoms with E-state index in [9.17, 15) is 9.59 Å². The topological polar surface area (TPSA) is 52.6 Å². The fourth-order valence-corrected chi connectivity index (χ4v) is 2.92. The maximum atomic E-state index is 11.6. The van der Waals surface area contributed by atoms with Crippen LogP contribution in [0, 0.1) is 0 Å². The molecule has 2 atom stereocenters. The summed E-state index contributed by atoms with van der Waals surface area (Å²) in [6, 6.07) is 15.4. The molecule has 0 aliphatic heterocycles. The Morgan fingerprint density at radius 3 is 1.34 bits per heavy atom. The molecule has 4 nitrogen and oxygen atoms in total. The fraction of sp³-hybridized carbons (Fsp3) is 0.280. The molecule has 0 spiro atoms. The van der Waals surface area contributed by atoms with Gasteiger partial charge in [0.15, 0.2) is 23.8 Å². The summed E-state index contributed by atoms with van der Waals surface area (Å²) in [5.41, 5.74) is 1.97. The second kappa shape index (κ2) is 9.37. The Kier molecular flexibility index (Phi) is 7.16. The van der Waals surface area contributed by atoms with Crippen LogP contribution in [0.3, 0.4) is 0 Å². The van der Waals surface area contributed by atoms with Crippen LogP contribution in [-0.2, 0) is 15.0 Å². The minimum absolute atomic E-state index is 0.152. The Balaban J connectivity index is 2.13. The molecule has 2 unspecified atom stereocenters. The van der Waals surface area contributed by atoms with Gasteiger partial charge in [-0.3, -0.25) is 9.59 Å². The zero-order chi connectivity index (χ0) is 21.6. The molecule has 152 valence electrons. The number of rotatable bonds is 10. The molecule has 2 aromatic carbocycles. The van der Waals surface area contributed by atoms with Crippen molar-refractivity contribution in [2.24, 2.45) is 0 Å². The van der Waals surface area contributed by atoms with Gasteiger partial charge >= 0.3 is 0 Å². The van der Waals surface area contributed by atoms with Gasteiger partial charge in [-0.15, -0.1) is 0 Å². The van der Waals surface area contributed by atoms with E-state index in [0.29, 0.717) is 11.5 Å². The molecule has 29 heavy (non-hydrogen) atoms. The van der Waals surface area contributed by atoms with Gasteiger partial charge in [0.05, 0.1) is 0 Å². The Morgan fingerprint density at radius 1 is 0.759 bits per heavy atom. The highest BCUT2D eigenvalue weighted by Gasteiger charge is 2.23. The third kappa shape index (κ3) is 5.44. The maximum absolute atomic E-state index is 11.6. The Hall–Kier alpha value is -3.14. The average molecular weight is 392 g/mol. The van der Waals surface area contributed by atoms with E-state index in [4.69, 9.17) is 9.47 Å². The van der Waals surface area contributed by atoms with Crippen molar-refractivity contribution >= 4 is 11.6 Å². The molecule has 0 saturated carbocycles. The van der Waals surface area contributed by atoms with Crippen LogP contribution in [0.25, 0.3) is 0 Å². The second-order valence-corrected chi connectivity index (χ2v) is 7.41. The summed E-state index contributed by atoms with van der Waals surface area (Å²) >= 11 is 0. The van der Waals surface area contributed by atoms with Crippen molar-refractivity contribution in [1.29, 1.82) is 0 Å². The number of benzene rings is 2. The fourth-order valence-electron chi connectivity index (χ4n) is 2.92. The summed E-state index contributed by atoms with van der Waals surface area (Å²) in [5, 5.41) is 0. The summed E-state index contributed by atoms with van der Waals surface area (Å²) in [4.78, 5) is 23.2. The summed E-state index contributed by atoms with van der Waals surface area (Å²) in [5.74, 6) is 0.968. The molecule has 4 heteroatoms. The van der Waals surface area contributed by atoms with Crippen molar-refractivity contribution < 1.29 is 19.1 Å². The number of hydrogen-bond donors (Lipinski definition) is 0. The lowest BCUT2D eigenvalue weighted by molar-refractivity contribution is -0.120. The number of carbonyl (C=O) groups is 2. The Morgan fingerprint density at radius 2 is 1.07 bits per heavy atom. The van der Waals surface area contributed by atoms with Gasteiger partial charge in [-0.25, -0.2) is 0 Å². The lowest BCUT2D eigenvalue weighted by Gasteiger charge is -2.27. The standard InChI is InChI=1S/C25H28O4/c1-7-23(26)17(3)28-21-13-9-19(10-14-21)25(5,6)20-11-15-22(16-12-20)29-18(4)24(27)8-2/h7-18H,1-2H2,3-6H3. The summed E-state index contributed by atoms with van der Waals surface area (Å²) in [6.07, 6.45) is 1.41. The lowest BCUT2D eigenvalue weighted by atomic mass is 9.78. The SMILES string of the molecule is C=CC(=O)C(C)Oc1ccc(C(C)(C)c2ccc(OC(C)C(=O)C=C)cc2)cc1. The molecule has 0 N–H and O–H groups in total. The van der Waals surface area contributed by atoms with Gasteiger partial charge in [0.25, 0.3) is 0 Å². The van der Waals surface area contributed by atoms with Crippen LogP contribution in [0.4, 0.5) is 0 Å². The van der Waals surface area contributed by atoms with Crippen LogP contribution < -0.4 is 9.47 Å². The number of ether oxygens (including phenoxy) is 2. The van der Waals surface area contributed by atoms with Crippen LogP contribution in [0.5, 0.6) is 11.5 Å². The first-order chi connectivity index (χ1) is 13.7. The molecule has 0 radical (unpaired) electrons. The molecule has 0 fully saturated rings. The van der Waals surface area contributed by atoms with Crippen molar-refractivity contribution in [2.45, 2.75) is 45.3 Å². The predicted octanol–water partition coefficient (Wildman–Crippen LogP) is 5.06. The number of ketones is 2. The molecule has 0 bridgehead atoms. The quantitative estimate of drug-likeness (QED) is 0.531. The highest BCUT2D eigenvalue weighted by molar-refractivity contribution is 5.93. The maximum Gasteiger partial charge on any atom is 0.195 e. The molecule has 0 aliphatic rings. The second-order valence-electron chi connectivity index (χ2n) is 7.41. The van der Waals surface area contributed by atoms with Gasteiger partial charge < -0.3 is 9.47 Å². The number of hydrogen-bond acceptors (Lipinski definition) is 4. The van der Waals surface area contributed by atoms with E-state index in [1.807, 2.05) is 48.5 Å². The Labute approximate surface area is 172 Å². The van der Waals surface area contributed by atoms with Gasteiger partial charge in [-0.2, -0.15) is 0 Å². The van der Waals surface area contributed by atoms with Crippen LogP contribution in [-0.4, -0.2) is 23.8 Å². The molecule has 2 rings (SSSR count). The van der Waals surface area contributed by atoms with Crippen molar-refractivity contribution in [1.82, 2.24) is 0 Å². The third-order valence-electron chi connectivity index (χ3n) is 4.98. The van der Waals surface area contributed by atoms with Crippen molar-refractivity contribution in [3.05, 3.63) is 85.0 Å². The van der Waals surface area contributed by atoms with Gasteiger partial charge in [-0.1, -0.05) is 51.3 Å². The van der Waals surface area contributed by atoms with Crippen LogP contribution in [0.2, 0.25) is 0 Å². The van der Waals surface area contributed by atoms with E-state index < -0.39 is 12.2 Å². The molecule has 2 aromatic rings. The highest BCUT2D eigenvalue weighted by Crippen LogP contribution is 2.33. The largest absolute Gasteiger partial charge is 0.483 e. The molecule has 0 amide bonds. The first kappa shape index (κ1) is 22.2. The van der Waals surface area contributed by atoms with E-state index in [0.717, 1.165) is 11.1 Å². The van der Waals surface area contributed by atoms with E-state index in [1.54, 1.807) is 13.8 Å². The normalized spacial score (nSPS) is 13.1. The van der Waals surface area contributed by atoms with E-state index in [2.05, 4.69) is 27.0 Å². The monoisotopic (exact) mass is 392 g/mol. The van der Waals surface area contributed by atoms with Gasteiger partial charge in [0.1, 0.15) is 11.5 Å². The van der Waals surface area contributed by atoms with Crippen LogP contribution in [0.1, 0.15) is 38.8 Å². The van der Waals surface area contributed by atoms with Crippen LogP contribution in [0.15, 0.2) is 73.8 Å². The molecule has 0 aliphatic carbocycles. The van der Waals surface area contributed by atoms with Crippen LogP contribution >= 0.6 is 0 Å². The van der Waals surface area contributed by atoms with E-state index >= 15 is 0 Å². The summed E-state index contributed by atoms with van der Waals surface area (Å²) in [6.45, 7) is 14.6. The zero-order valence-electron chi connectivity index (χ0n) is 17.5. The minimum Gasteiger partial charge on any atom is -0.483 e.